The third-order valence-electron chi connectivity index (χ3n) is 15.2. The molecule has 5 heteroatoms. The highest BCUT2D eigenvalue weighted by Crippen LogP contribution is 2.65. The molecule has 0 bridgehead atoms. The lowest BCUT2D eigenvalue weighted by atomic mass is 9.42. The molecule has 66 heavy (non-hydrogen) atoms. The molecule has 1 spiro atoms. The van der Waals surface area contributed by atoms with E-state index in [0.29, 0.717) is 0 Å². The first kappa shape index (κ1) is 35.3. The molecule has 1 aliphatic carbocycles. The van der Waals surface area contributed by atoms with Crippen LogP contribution in [0.2, 0.25) is 0 Å². The molecular weight excluding hydrogens is 820 g/mol. The molecular formula is C61H35BN2OS. The summed E-state index contributed by atoms with van der Waals surface area (Å²) in [5, 5.41) is 4.85. The molecule has 16 rings (SSSR count). The van der Waals surface area contributed by atoms with E-state index in [2.05, 4.69) is 222 Å². The Morgan fingerprint density at radius 3 is 1.94 bits per heavy atom. The topological polar surface area (TPSA) is 19.6 Å². The van der Waals surface area contributed by atoms with Crippen LogP contribution < -0.4 is 20.6 Å². The molecule has 0 saturated heterocycles. The van der Waals surface area contributed by atoms with E-state index >= 15 is 0 Å². The van der Waals surface area contributed by atoms with Crippen molar-refractivity contribution in [3.8, 4) is 33.4 Å². The first-order chi connectivity index (χ1) is 32.8. The molecule has 12 aromatic rings. The average Bonchev–Trinajstić information content (AvgIpc) is 4.05. The van der Waals surface area contributed by atoms with E-state index < -0.39 is 5.41 Å². The minimum atomic E-state index is -0.544. The third-order valence-corrected chi connectivity index (χ3v) is 16.3. The second-order valence-corrected chi connectivity index (χ2v) is 19.3. The van der Waals surface area contributed by atoms with Crippen LogP contribution in [0.25, 0.3) is 75.5 Å². The lowest BCUT2D eigenvalue weighted by Crippen LogP contribution is -2.62. The summed E-state index contributed by atoms with van der Waals surface area (Å²) in [5.74, 6) is 0. The predicted molar refractivity (Wildman–Crippen MR) is 277 cm³/mol. The van der Waals surface area contributed by atoms with Crippen molar-refractivity contribution in [2.75, 3.05) is 9.71 Å². The summed E-state index contributed by atoms with van der Waals surface area (Å²) in [4.78, 5) is 5.33. The Kier molecular flexibility index (Phi) is 6.72. The van der Waals surface area contributed by atoms with Crippen LogP contribution >= 0.6 is 11.3 Å². The molecule has 0 fully saturated rings. The summed E-state index contributed by atoms with van der Waals surface area (Å²) in [7, 11) is 0. The number of anilines is 5. The summed E-state index contributed by atoms with van der Waals surface area (Å²) in [6.07, 6.45) is 0. The number of fused-ring (bicyclic) bond motifs is 20. The predicted octanol–water partition coefficient (Wildman–Crippen LogP) is 15.0. The number of benzene rings is 10. The van der Waals surface area contributed by atoms with Gasteiger partial charge in [-0.2, -0.15) is 0 Å². The highest BCUT2D eigenvalue weighted by atomic mass is 32.1. The van der Waals surface area contributed by atoms with Crippen molar-refractivity contribution in [1.82, 2.24) is 0 Å². The van der Waals surface area contributed by atoms with Gasteiger partial charge in [0.2, 0.25) is 0 Å². The van der Waals surface area contributed by atoms with Crippen molar-refractivity contribution in [1.29, 1.82) is 0 Å². The highest BCUT2D eigenvalue weighted by molar-refractivity contribution is 7.26. The number of hydrogen-bond acceptors (Lipinski definition) is 4. The smallest absolute Gasteiger partial charge is 0.333 e. The standard InChI is InChI=1S/C61H35BN2OS/c1-2-16-36(17-3-1)37-32-33-50-43(34-37)44-35-55-56(42-21-7-13-31-54(42)66-55)59-57(44)62(64(50)52-29-14-22-41-40-20-6-12-30-53(40)65-60(41)52)49-27-15-26-48-58(49)63(59)51-28-11-10-25-47(51)61(48)45-23-8-4-18-38(45)39-19-5-9-24-46(39)61/h1-35H. The van der Waals surface area contributed by atoms with Crippen molar-refractivity contribution >= 4 is 99.7 Å². The monoisotopic (exact) mass is 854 g/mol. The SMILES string of the molecule is c1ccc(-c2ccc3c(c2)-c2cc4sc5ccccc5c4c4c2B(c2cccc5c2N4c2ccccc2C52c4ccccc4-c4ccccc42)N3c2cccc3c2oc2ccccc23)cc1. The van der Waals surface area contributed by atoms with Crippen LogP contribution in [0.3, 0.4) is 0 Å². The van der Waals surface area contributed by atoms with Gasteiger partial charge in [-0.05, 0) is 103 Å². The Labute approximate surface area is 385 Å². The molecule has 0 saturated carbocycles. The molecule has 0 amide bonds. The number of thiophene rings is 1. The van der Waals surface area contributed by atoms with Gasteiger partial charge >= 0.3 is 6.85 Å². The molecule has 4 aliphatic rings. The van der Waals surface area contributed by atoms with Gasteiger partial charge in [-0.3, -0.25) is 0 Å². The second-order valence-electron chi connectivity index (χ2n) is 18.2. The van der Waals surface area contributed by atoms with Gasteiger partial charge in [0.05, 0.1) is 22.5 Å². The lowest BCUT2D eigenvalue weighted by molar-refractivity contribution is 0.669. The van der Waals surface area contributed by atoms with Crippen LogP contribution in [-0.2, 0) is 5.41 Å². The number of para-hydroxylation sites is 4. The van der Waals surface area contributed by atoms with Gasteiger partial charge in [-0.25, -0.2) is 0 Å². The van der Waals surface area contributed by atoms with Crippen LogP contribution in [-0.4, -0.2) is 6.85 Å². The van der Waals surface area contributed by atoms with Crippen molar-refractivity contribution in [3.63, 3.8) is 0 Å². The van der Waals surface area contributed by atoms with Gasteiger partial charge in [0, 0.05) is 47.9 Å². The Balaban J connectivity index is 1.11. The number of nitrogens with zero attached hydrogens (tertiary/aromatic N) is 2. The highest BCUT2D eigenvalue weighted by Gasteiger charge is 2.56. The molecule has 0 atom stereocenters. The molecule has 0 N–H and O–H groups in total. The maximum atomic E-state index is 7.00. The molecule has 3 nitrogen and oxygen atoms in total. The minimum absolute atomic E-state index is 0.202. The van der Waals surface area contributed by atoms with E-state index in [-0.39, 0.29) is 6.85 Å². The molecule has 0 radical (unpaired) electrons. The Morgan fingerprint density at radius 1 is 0.424 bits per heavy atom. The third kappa shape index (κ3) is 4.21. The van der Waals surface area contributed by atoms with E-state index in [1.807, 2.05) is 11.3 Å². The maximum absolute atomic E-state index is 7.00. The number of furan rings is 1. The fraction of sp³-hybridized carbons (Fsp3) is 0.0164. The van der Waals surface area contributed by atoms with Gasteiger partial charge in [0.1, 0.15) is 5.58 Å². The zero-order chi connectivity index (χ0) is 42.8. The van der Waals surface area contributed by atoms with E-state index in [9.17, 15) is 0 Å². The Hall–Kier alpha value is -8.12. The first-order valence-corrected chi connectivity index (χ1v) is 23.7. The fourth-order valence-corrected chi connectivity index (χ4v) is 13.9. The Bertz CT molecular complexity index is 4060. The minimum Gasteiger partial charge on any atom is -0.454 e. The van der Waals surface area contributed by atoms with Gasteiger partial charge < -0.3 is 14.1 Å². The van der Waals surface area contributed by atoms with E-state index in [4.69, 9.17) is 4.42 Å². The summed E-state index contributed by atoms with van der Waals surface area (Å²) < 4.78 is 9.59. The summed E-state index contributed by atoms with van der Waals surface area (Å²) in [6.45, 7) is -0.202. The second kappa shape index (κ2) is 12.6. The fourth-order valence-electron chi connectivity index (χ4n) is 12.8. The molecule has 3 aliphatic heterocycles. The molecule has 304 valence electrons. The zero-order valence-electron chi connectivity index (χ0n) is 35.5. The molecule has 10 aromatic carbocycles. The van der Waals surface area contributed by atoms with Crippen LogP contribution in [0.5, 0.6) is 0 Å². The average molecular weight is 855 g/mol. The van der Waals surface area contributed by atoms with Crippen molar-refractivity contribution in [3.05, 3.63) is 235 Å². The van der Waals surface area contributed by atoms with Crippen LogP contribution in [0, 0.1) is 0 Å². The van der Waals surface area contributed by atoms with E-state index in [1.54, 1.807) is 0 Å². The zero-order valence-corrected chi connectivity index (χ0v) is 36.3. The summed E-state index contributed by atoms with van der Waals surface area (Å²) in [5.41, 5.74) is 22.6. The molecule has 0 unspecified atom stereocenters. The van der Waals surface area contributed by atoms with Crippen molar-refractivity contribution < 1.29 is 4.42 Å². The normalized spacial score (nSPS) is 14.4. The van der Waals surface area contributed by atoms with Gasteiger partial charge in [0.25, 0.3) is 0 Å². The van der Waals surface area contributed by atoms with Crippen LogP contribution in [0.4, 0.5) is 28.4 Å². The van der Waals surface area contributed by atoms with Crippen molar-refractivity contribution in [2.24, 2.45) is 0 Å². The first-order valence-electron chi connectivity index (χ1n) is 22.9. The Morgan fingerprint density at radius 2 is 1.09 bits per heavy atom. The van der Waals surface area contributed by atoms with Gasteiger partial charge in [0.15, 0.2) is 5.58 Å². The summed E-state index contributed by atoms with van der Waals surface area (Å²) >= 11 is 1.91. The number of hydrogen-bond donors (Lipinski definition) is 0. The lowest BCUT2D eigenvalue weighted by Gasteiger charge is -2.51. The maximum Gasteiger partial charge on any atom is 0.333 e. The van der Waals surface area contributed by atoms with Gasteiger partial charge in [-0.15, -0.1) is 11.3 Å². The van der Waals surface area contributed by atoms with E-state index in [1.165, 1.54) is 109 Å². The largest absolute Gasteiger partial charge is 0.454 e. The van der Waals surface area contributed by atoms with Crippen LogP contribution in [0.1, 0.15) is 22.3 Å². The van der Waals surface area contributed by atoms with Crippen LogP contribution in [0.15, 0.2) is 217 Å². The molecule has 5 heterocycles. The quantitative estimate of drug-likeness (QED) is 0.162. The number of rotatable bonds is 2. The summed E-state index contributed by atoms with van der Waals surface area (Å²) in [6, 6.07) is 79.5. The van der Waals surface area contributed by atoms with Crippen molar-refractivity contribution in [2.45, 2.75) is 5.41 Å². The molecule has 2 aromatic heterocycles. The van der Waals surface area contributed by atoms with Gasteiger partial charge in [-0.1, -0.05) is 170 Å². The van der Waals surface area contributed by atoms with E-state index in [0.717, 1.165) is 27.6 Å².